The lowest BCUT2D eigenvalue weighted by Gasteiger charge is -2.22. The van der Waals surface area contributed by atoms with E-state index in [1.54, 1.807) is 0 Å². The molecule has 1 unspecified atom stereocenters. The maximum atomic E-state index is 6.21. The lowest BCUT2D eigenvalue weighted by atomic mass is 10.0. The summed E-state index contributed by atoms with van der Waals surface area (Å²) in [6.07, 6.45) is 11.0. The van der Waals surface area contributed by atoms with E-state index in [4.69, 9.17) is 5.73 Å². The lowest BCUT2D eigenvalue weighted by Crippen LogP contribution is -2.16. The number of hydrogen-bond donors (Lipinski definition) is 1. The van der Waals surface area contributed by atoms with Crippen LogP contribution >= 0.6 is 11.8 Å². The minimum atomic E-state index is 0.141. The topological polar surface area (TPSA) is 43.8 Å². The Morgan fingerprint density at radius 1 is 1.47 bits per heavy atom. The quantitative estimate of drug-likeness (QED) is 0.877. The van der Waals surface area contributed by atoms with Crippen LogP contribution in [0.1, 0.15) is 50.6 Å². The maximum Gasteiger partial charge on any atom is 0.0537 e. The van der Waals surface area contributed by atoms with Crippen molar-refractivity contribution >= 4 is 11.8 Å². The molecule has 96 valence electrons. The highest BCUT2D eigenvalue weighted by atomic mass is 32.2. The fraction of sp³-hybridized carbons (Fsp3) is 0.769. The zero-order chi connectivity index (χ0) is 12.1. The van der Waals surface area contributed by atoms with Gasteiger partial charge in [0.1, 0.15) is 0 Å². The van der Waals surface area contributed by atoms with E-state index in [0.29, 0.717) is 0 Å². The van der Waals surface area contributed by atoms with Crippen molar-refractivity contribution in [3.63, 3.8) is 0 Å². The second kappa shape index (κ2) is 6.45. The minimum absolute atomic E-state index is 0.141. The second-order valence-electron chi connectivity index (χ2n) is 4.83. The molecule has 3 nitrogen and oxygen atoms in total. The highest BCUT2D eigenvalue weighted by Gasteiger charge is 2.16. The van der Waals surface area contributed by atoms with Gasteiger partial charge in [-0.15, -0.1) is 0 Å². The average molecular weight is 253 g/mol. The monoisotopic (exact) mass is 253 g/mol. The first-order valence-electron chi connectivity index (χ1n) is 6.69. The Kier molecular flexibility index (Phi) is 4.92. The van der Waals surface area contributed by atoms with E-state index in [2.05, 4.69) is 30.0 Å². The number of aryl methyl sites for hydroxylation is 1. The predicted octanol–water partition coefficient (Wildman–Crippen LogP) is 2.97. The molecule has 1 aromatic heterocycles. The zero-order valence-electron chi connectivity index (χ0n) is 10.6. The van der Waals surface area contributed by atoms with Gasteiger partial charge in [-0.25, -0.2) is 0 Å². The maximum absolute atomic E-state index is 6.21. The molecule has 0 aromatic carbocycles. The van der Waals surface area contributed by atoms with Gasteiger partial charge in [-0.3, -0.25) is 4.68 Å². The average Bonchev–Trinajstić information content (AvgIpc) is 2.86. The number of hydrogen-bond acceptors (Lipinski definition) is 3. The Morgan fingerprint density at radius 3 is 2.88 bits per heavy atom. The molecule has 2 N–H and O–H groups in total. The van der Waals surface area contributed by atoms with Gasteiger partial charge < -0.3 is 5.73 Å². The number of aromatic nitrogens is 2. The first-order chi connectivity index (χ1) is 8.29. The van der Waals surface area contributed by atoms with E-state index in [0.717, 1.165) is 17.5 Å². The molecule has 1 aliphatic carbocycles. The van der Waals surface area contributed by atoms with Crippen LogP contribution in [-0.2, 0) is 6.54 Å². The van der Waals surface area contributed by atoms with E-state index in [1.165, 1.54) is 37.7 Å². The normalized spacial score (nSPS) is 19.4. The molecule has 1 saturated carbocycles. The van der Waals surface area contributed by atoms with Gasteiger partial charge in [0.2, 0.25) is 0 Å². The lowest BCUT2D eigenvalue weighted by molar-refractivity contribution is 0.515. The van der Waals surface area contributed by atoms with Crippen LogP contribution in [0.25, 0.3) is 0 Å². The molecule has 17 heavy (non-hydrogen) atoms. The van der Waals surface area contributed by atoms with Crippen LogP contribution in [0.4, 0.5) is 0 Å². The highest BCUT2D eigenvalue weighted by Crippen LogP contribution is 2.30. The number of nitrogens with two attached hydrogens (primary N) is 1. The van der Waals surface area contributed by atoms with Crippen molar-refractivity contribution in [1.82, 2.24) is 9.78 Å². The number of nitrogens with zero attached hydrogens (tertiary/aromatic N) is 2. The molecule has 0 aliphatic heterocycles. The number of rotatable bonds is 5. The summed E-state index contributed by atoms with van der Waals surface area (Å²) in [4.78, 5) is 0. The van der Waals surface area contributed by atoms with Crippen molar-refractivity contribution in [3.05, 3.63) is 18.0 Å². The number of thioether (sulfide) groups is 1. The summed E-state index contributed by atoms with van der Waals surface area (Å²) >= 11 is 2.06. The van der Waals surface area contributed by atoms with Gasteiger partial charge in [0.15, 0.2) is 0 Å². The van der Waals surface area contributed by atoms with E-state index < -0.39 is 0 Å². The summed E-state index contributed by atoms with van der Waals surface area (Å²) in [5, 5.41) is 5.12. The molecule has 1 aromatic rings. The van der Waals surface area contributed by atoms with Gasteiger partial charge in [0, 0.05) is 35.3 Å². The van der Waals surface area contributed by atoms with Crippen molar-refractivity contribution in [2.75, 3.05) is 5.75 Å². The van der Waals surface area contributed by atoms with Crippen LogP contribution in [-0.4, -0.2) is 20.8 Å². The second-order valence-corrected chi connectivity index (χ2v) is 6.16. The van der Waals surface area contributed by atoms with Crippen molar-refractivity contribution < 1.29 is 0 Å². The summed E-state index contributed by atoms with van der Waals surface area (Å²) in [7, 11) is 0. The van der Waals surface area contributed by atoms with E-state index in [9.17, 15) is 0 Å². The Hall–Kier alpha value is -0.480. The van der Waals surface area contributed by atoms with Gasteiger partial charge in [-0.1, -0.05) is 19.3 Å². The van der Waals surface area contributed by atoms with Crippen LogP contribution in [0, 0.1) is 0 Å². The van der Waals surface area contributed by atoms with Crippen LogP contribution < -0.4 is 5.73 Å². The van der Waals surface area contributed by atoms with Gasteiger partial charge in [0.05, 0.1) is 6.20 Å². The summed E-state index contributed by atoms with van der Waals surface area (Å²) in [6.45, 7) is 3.02. The van der Waals surface area contributed by atoms with Crippen LogP contribution in [0.2, 0.25) is 0 Å². The van der Waals surface area contributed by atoms with E-state index in [1.807, 2.05) is 10.9 Å². The molecule has 1 heterocycles. The fourth-order valence-electron chi connectivity index (χ4n) is 2.31. The van der Waals surface area contributed by atoms with Gasteiger partial charge >= 0.3 is 0 Å². The molecular formula is C13H23N3S. The highest BCUT2D eigenvalue weighted by molar-refractivity contribution is 7.99. The standard InChI is InChI=1S/C13H23N3S/c1-2-16-9-11(8-15-16)13(14)10-17-12-6-4-3-5-7-12/h8-9,12-13H,2-7,10,14H2,1H3. The molecule has 0 spiro atoms. The van der Waals surface area contributed by atoms with Gasteiger partial charge in [-0.05, 0) is 19.8 Å². The van der Waals surface area contributed by atoms with Crippen LogP contribution in [0.15, 0.2) is 12.4 Å². The molecule has 2 rings (SSSR count). The molecule has 0 amide bonds. The molecule has 0 bridgehead atoms. The Bertz CT molecular complexity index is 331. The minimum Gasteiger partial charge on any atom is -0.323 e. The van der Waals surface area contributed by atoms with Gasteiger partial charge in [0.25, 0.3) is 0 Å². The molecule has 1 fully saturated rings. The molecule has 0 radical (unpaired) electrons. The summed E-state index contributed by atoms with van der Waals surface area (Å²) in [6, 6.07) is 0.141. The Labute approximate surface area is 108 Å². The molecular weight excluding hydrogens is 230 g/mol. The molecule has 1 aliphatic rings. The summed E-state index contributed by atoms with van der Waals surface area (Å²) < 4.78 is 1.94. The summed E-state index contributed by atoms with van der Waals surface area (Å²) in [5.74, 6) is 1.03. The SMILES string of the molecule is CCn1cc(C(N)CSC2CCCCC2)cn1. The van der Waals surface area contributed by atoms with Crippen molar-refractivity contribution in [3.8, 4) is 0 Å². The van der Waals surface area contributed by atoms with Crippen molar-refractivity contribution in [2.45, 2.75) is 56.9 Å². The third-order valence-electron chi connectivity index (χ3n) is 3.47. The van der Waals surface area contributed by atoms with Crippen LogP contribution in [0.5, 0.6) is 0 Å². The third-order valence-corrected chi connectivity index (χ3v) is 4.96. The van der Waals surface area contributed by atoms with Gasteiger partial charge in [-0.2, -0.15) is 16.9 Å². The summed E-state index contributed by atoms with van der Waals surface area (Å²) in [5.41, 5.74) is 7.38. The third kappa shape index (κ3) is 3.75. The fourth-order valence-corrected chi connectivity index (χ4v) is 3.65. The molecule has 4 heteroatoms. The van der Waals surface area contributed by atoms with Crippen molar-refractivity contribution in [2.24, 2.45) is 5.73 Å². The largest absolute Gasteiger partial charge is 0.323 e. The molecule has 1 atom stereocenters. The van der Waals surface area contributed by atoms with E-state index in [-0.39, 0.29) is 6.04 Å². The first kappa shape index (κ1) is 13.0. The Morgan fingerprint density at radius 2 is 2.24 bits per heavy atom. The first-order valence-corrected chi connectivity index (χ1v) is 7.74. The Balaban J connectivity index is 1.77. The smallest absolute Gasteiger partial charge is 0.0537 e. The molecule has 0 saturated heterocycles. The van der Waals surface area contributed by atoms with Crippen LogP contribution in [0.3, 0.4) is 0 Å². The predicted molar refractivity (Wildman–Crippen MR) is 74.2 cm³/mol. The van der Waals surface area contributed by atoms with E-state index >= 15 is 0 Å². The van der Waals surface area contributed by atoms with Crippen molar-refractivity contribution in [1.29, 1.82) is 0 Å². The zero-order valence-corrected chi connectivity index (χ0v) is 11.5.